The maximum absolute atomic E-state index is 14.1. The molecule has 0 saturated carbocycles. The molecule has 0 amide bonds. The summed E-state index contributed by atoms with van der Waals surface area (Å²) >= 11 is 6.00. The lowest BCUT2D eigenvalue weighted by molar-refractivity contribution is 0.382. The predicted octanol–water partition coefficient (Wildman–Crippen LogP) is 4.61. The maximum Gasteiger partial charge on any atom is 0.168 e. The third-order valence-corrected chi connectivity index (χ3v) is 3.86. The van der Waals surface area contributed by atoms with Crippen LogP contribution in [0, 0.1) is 17.6 Å². The van der Waals surface area contributed by atoms with E-state index in [-0.39, 0.29) is 23.3 Å². The second kappa shape index (κ2) is 7.41. The van der Waals surface area contributed by atoms with Gasteiger partial charge in [0.2, 0.25) is 0 Å². The van der Waals surface area contributed by atoms with Crippen LogP contribution in [-0.4, -0.2) is 13.0 Å². The van der Waals surface area contributed by atoms with Gasteiger partial charge in [0, 0.05) is 5.88 Å². The van der Waals surface area contributed by atoms with Crippen molar-refractivity contribution in [3.63, 3.8) is 0 Å². The zero-order valence-corrected chi connectivity index (χ0v) is 12.5. The van der Waals surface area contributed by atoms with Gasteiger partial charge in [-0.05, 0) is 48.1 Å². The molecule has 0 heterocycles. The molecule has 0 saturated heterocycles. The van der Waals surface area contributed by atoms with Gasteiger partial charge < -0.3 is 4.74 Å². The third kappa shape index (κ3) is 4.18. The number of alkyl halides is 1. The lowest BCUT2D eigenvalue weighted by Gasteiger charge is -2.15. The Labute approximate surface area is 128 Å². The Kier molecular flexibility index (Phi) is 5.57. The van der Waals surface area contributed by atoms with Crippen LogP contribution >= 0.6 is 11.6 Å². The molecule has 1 nitrogen and oxygen atoms in total. The molecular weight excluding hydrogens is 294 g/mol. The maximum atomic E-state index is 14.1. The molecule has 0 aliphatic carbocycles. The first-order valence-corrected chi connectivity index (χ1v) is 7.29. The Balaban J connectivity index is 2.10. The number of ether oxygens (including phenoxy) is 1. The molecule has 21 heavy (non-hydrogen) atoms. The lowest BCUT2D eigenvalue weighted by atomic mass is 9.93. The molecule has 0 aliphatic heterocycles. The van der Waals surface area contributed by atoms with E-state index in [0.29, 0.717) is 24.3 Å². The summed E-state index contributed by atoms with van der Waals surface area (Å²) in [6, 6.07) is 11.4. The Hall–Kier alpha value is -1.61. The minimum absolute atomic E-state index is 0.0822. The van der Waals surface area contributed by atoms with Gasteiger partial charge in [0.15, 0.2) is 11.6 Å². The Bertz CT molecular complexity index is 584. The number of benzene rings is 2. The van der Waals surface area contributed by atoms with Crippen LogP contribution in [0.5, 0.6) is 5.75 Å². The van der Waals surface area contributed by atoms with Gasteiger partial charge in [-0.25, -0.2) is 8.78 Å². The molecule has 2 rings (SSSR count). The first-order chi connectivity index (χ1) is 10.1. The average molecular weight is 311 g/mol. The van der Waals surface area contributed by atoms with Crippen LogP contribution < -0.4 is 4.74 Å². The van der Waals surface area contributed by atoms with Crippen molar-refractivity contribution in [1.82, 2.24) is 0 Å². The van der Waals surface area contributed by atoms with Crippen LogP contribution in [0.25, 0.3) is 0 Å². The van der Waals surface area contributed by atoms with E-state index in [9.17, 15) is 8.78 Å². The van der Waals surface area contributed by atoms with Crippen molar-refractivity contribution in [2.75, 3.05) is 13.0 Å². The van der Waals surface area contributed by atoms with Crippen LogP contribution in [0.4, 0.5) is 8.78 Å². The van der Waals surface area contributed by atoms with Crippen LogP contribution in [0.2, 0.25) is 0 Å². The predicted molar refractivity (Wildman–Crippen MR) is 81.0 cm³/mol. The lowest BCUT2D eigenvalue weighted by Crippen LogP contribution is -2.11. The number of hydrogen-bond donors (Lipinski definition) is 0. The van der Waals surface area contributed by atoms with Crippen molar-refractivity contribution in [3.8, 4) is 5.75 Å². The highest BCUT2D eigenvalue weighted by atomic mass is 35.5. The summed E-state index contributed by atoms with van der Waals surface area (Å²) in [7, 11) is 1.44. The van der Waals surface area contributed by atoms with Gasteiger partial charge in [-0.2, -0.15) is 0 Å². The highest BCUT2D eigenvalue weighted by Crippen LogP contribution is 2.24. The SMILES string of the molecule is COc1cccc(CC(CCl)Cc2ccc(F)cc2)c1F. The molecule has 4 heteroatoms. The molecule has 1 atom stereocenters. The van der Waals surface area contributed by atoms with Crippen molar-refractivity contribution in [2.24, 2.45) is 5.92 Å². The van der Waals surface area contributed by atoms with E-state index in [0.717, 1.165) is 5.56 Å². The van der Waals surface area contributed by atoms with E-state index >= 15 is 0 Å². The van der Waals surface area contributed by atoms with E-state index in [1.807, 2.05) is 0 Å². The monoisotopic (exact) mass is 310 g/mol. The van der Waals surface area contributed by atoms with E-state index in [2.05, 4.69) is 0 Å². The highest BCUT2D eigenvalue weighted by molar-refractivity contribution is 6.18. The fourth-order valence-electron chi connectivity index (χ4n) is 2.32. The summed E-state index contributed by atoms with van der Waals surface area (Å²) in [6.07, 6.45) is 1.20. The summed E-state index contributed by atoms with van der Waals surface area (Å²) in [6.45, 7) is 0. The van der Waals surface area contributed by atoms with Crippen molar-refractivity contribution in [1.29, 1.82) is 0 Å². The standard InChI is InChI=1S/C17H17ClF2O/c1-21-16-4-2-3-14(17(16)20)10-13(11-18)9-12-5-7-15(19)8-6-12/h2-8,13H,9-11H2,1H3. The average Bonchev–Trinajstić information content (AvgIpc) is 2.50. The van der Waals surface area contributed by atoms with Gasteiger partial charge in [-0.15, -0.1) is 11.6 Å². The highest BCUT2D eigenvalue weighted by Gasteiger charge is 2.15. The Morgan fingerprint density at radius 3 is 2.38 bits per heavy atom. The molecule has 0 bridgehead atoms. The second-order valence-electron chi connectivity index (χ2n) is 4.99. The van der Waals surface area contributed by atoms with Crippen LogP contribution in [0.3, 0.4) is 0 Å². The largest absolute Gasteiger partial charge is 0.494 e. The minimum Gasteiger partial charge on any atom is -0.494 e. The molecule has 0 radical (unpaired) electrons. The number of halogens is 3. The van der Waals surface area contributed by atoms with Gasteiger partial charge >= 0.3 is 0 Å². The summed E-state index contributed by atoms with van der Waals surface area (Å²) in [4.78, 5) is 0. The summed E-state index contributed by atoms with van der Waals surface area (Å²) in [5, 5.41) is 0. The molecule has 0 aromatic heterocycles. The molecule has 2 aromatic carbocycles. The van der Waals surface area contributed by atoms with Crippen molar-refractivity contribution >= 4 is 11.6 Å². The first-order valence-electron chi connectivity index (χ1n) is 6.75. The summed E-state index contributed by atoms with van der Waals surface area (Å²) in [5.74, 6) is 0.129. The van der Waals surface area contributed by atoms with Crippen molar-refractivity contribution < 1.29 is 13.5 Å². The zero-order valence-electron chi connectivity index (χ0n) is 11.8. The summed E-state index contributed by atoms with van der Waals surface area (Å²) < 4.78 is 32.0. The van der Waals surface area contributed by atoms with Crippen LogP contribution in [-0.2, 0) is 12.8 Å². The van der Waals surface area contributed by atoms with Crippen LogP contribution in [0.1, 0.15) is 11.1 Å². The molecule has 112 valence electrons. The van der Waals surface area contributed by atoms with E-state index in [1.165, 1.54) is 19.2 Å². The van der Waals surface area contributed by atoms with E-state index in [4.69, 9.17) is 16.3 Å². The second-order valence-corrected chi connectivity index (χ2v) is 5.30. The smallest absolute Gasteiger partial charge is 0.168 e. The van der Waals surface area contributed by atoms with E-state index in [1.54, 1.807) is 30.3 Å². The van der Waals surface area contributed by atoms with Gasteiger partial charge in [0.1, 0.15) is 5.82 Å². The topological polar surface area (TPSA) is 9.23 Å². The van der Waals surface area contributed by atoms with Crippen molar-refractivity contribution in [2.45, 2.75) is 12.8 Å². The molecule has 0 fully saturated rings. The third-order valence-electron chi connectivity index (χ3n) is 3.43. The quantitative estimate of drug-likeness (QED) is 0.708. The normalized spacial score (nSPS) is 12.2. The summed E-state index contributed by atoms with van der Waals surface area (Å²) in [5.41, 5.74) is 1.58. The molecule has 2 aromatic rings. The number of rotatable bonds is 6. The minimum atomic E-state index is -0.339. The fraction of sp³-hybridized carbons (Fsp3) is 0.294. The Morgan fingerprint density at radius 2 is 1.76 bits per heavy atom. The van der Waals surface area contributed by atoms with Gasteiger partial charge in [-0.1, -0.05) is 24.3 Å². The fourth-order valence-corrected chi connectivity index (χ4v) is 2.54. The van der Waals surface area contributed by atoms with Gasteiger partial charge in [0.25, 0.3) is 0 Å². The van der Waals surface area contributed by atoms with Crippen molar-refractivity contribution in [3.05, 3.63) is 65.2 Å². The molecule has 0 N–H and O–H groups in total. The molecule has 1 unspecified atom stereocenters. The Morgan fingerprint density at radius 1 is 1.05 bits per heavy atom. The molecule has 0 spiro atoms. The number of methoxy groups -OCH3 is 1. The molecule has 0 aliphatic rings. The van der Waals surface area contributed by atoms with Gasteiger partial charge in [0.05, 0.1) is 7.11 Å². The zero-order chi connectivity index (χ0) is 15.2. The molecular formula is C17H17ClF2O. The van der Waals surface area contributed by atoms with E-state index < -0.39 is 0 Å². The van der Waals surface area contributed by atoms with Crippen LogP contribution in [0.15, 0.2) is 42.5 Å². The first kappa shape index (κ1) is 15.8. The number of hydrogen-bond acceptors (Lipinski definition) is 1. The van der Waals surface area contributed by atoms with Gasteiger partial charge in [-0.3, -0.25) is 0 Å².